The Balaban J connectivity index is 1.64. The minimum Gasteiger partial charge on any atom is -0.442 e. The highest BCUT2D eigenvalue weighted by atomic mass is 16.6. The normalized spacial score (nSPS) is 15.3. The summed E-state index contributed by atoms with van der Waals surface area (Å²) in [6.07, 6.45) is 4.27. The number of nitrogens with zero attached hydrogens (tertiary/aromatic N) is 3. The van der Waals surface area contributed by atoms with E-state index in [1.807, 2.05) is 73.6 Å². The minimum atomic E-state index is -1.21. The number of ether oxygens (including phenoxy) is 1. The molecule has 1 aliphatic heterocycles. The van der Waals surface area contributed by atoms with Gasteiger partial charge in [0, 0.05) is 71.5 Å². The first-order valence-corrected chi connectivity index (χ1v) is 16.9. The number of esters is 1. The Morgan fingerprint density at radius 3 is 1.34 bits per heavy atom. The zero-order valence-electron chi connectivity index (χ0n) is 30.1. The molecule has 0 spiro atoms. The van der Waals surface area contributed by atoms with E-state index in [0.717, 1.165) is 62.6 Å². The first-order chi connectivity index (χ1) is 24.1. The number of carbonyl (C=O) groups is 1. The van der Waals surface area contributed by atoms with Crippen LogP contribution in [0.25, 0.3) is 11.1 Å². The zero-order valence-corrected chi connectivity index (χ0v) is 30.1. The number of fused-ring (bicyclic) bond motifs is 1. The van der Waals surface area contributed by atoms with Crippen molar-refractivity contribution >= 4 is 34.2 Å². The van der Waals surface area contributed by atoms with Gasteiger partial charge in [0.15, 0.2) is 5.60 Å². The third-order valence-electron chi connectivity index (χ3n) is 9.28. The molecule has 0 saturated heterocycles. The quantitative estimate of drug-likeness (QED) is 0.144. The highest BCUT2D eigenvalue weighted by Gasteiger charge is 2.43. The van der Waals surface area contributed by atoms with Crippen molar-refractivity contribution in [3.8, 4) is 0 Å². The summed E-state index contributed by atoms with van der Waals surface area (Å²) < 4.78 is 6.59. The molecule has 5 aromatic rings. The lowest BCUT2D eigenvalue weighted by Crippen LogP contribution is -2.22. The van der Waals surface area contributed by atoms with Gasteiger partial charge >= 0.3 is 5.97 Å². The van der Waals surface area contributed by atoms with E-state index in [2.05, 4.69) is 129 Å². The van der Waals surface area contributed by atoms with Gasteiger partial charge in [0.1, 0.15) is 0 Å². The van der Waals surface area contributed by atoms with Crippen molar-refractivity contribution in [2.45, 2.75) is 12.1 Å². The number of hydrogen-bond acceptors (Lipinski definition) is 6. The molecule has 1 unspecified atom stereocenters. The van der Waals surface area contributed by atoms with E-state index in [4.69, 9.17) is 4.74 Å². The van der Waals surface area contributed by atoms with Crippen molar-refractivity contribution in [3.63, 3.8) is 0 Å². The Morgan fingerprint density at radius 1 is 0.580 bits per heavy atom. The van der Waals surface area contributed by atoms with Gasteiger partial charge < -0.3 is 24.8 Å². The molecule has 6 rings (SSSR count). The second-order valence-corrected chi connectivity index (χ2v) is 13.4. The van der Waals surface area contributed by atoms with Crippen LogP contribution in [0.1, 0.15) is 43.7 Å². The molecule has 6 nitrogen and oxygen atoms in total. The molecule has 1 N–H and O–H groups in total. The molecule has 254 valence electrons. The van der Waals surface area contributed by atoms with Gasteiger partial charge in [-0.2, -0.15) is 0 Å². The molecule has 0 saturated carbocycles. The van der Waals surface area contributed by atoms with E-state index in [1.165, 1.54) is 5.56 Å². The Hall–Kier alpha value is -5.59. The topological polar surface area (TPSA) is 48.1 Å². The van der Waals surface area contributed by atoms with Crippen LogP contribution < -0.4 is 20.0 Å². The monoisotopic (exact) mass is 662 g/mol. The summed E-state index contributed by atoms with van der Waals surface area (Å²) in [6.45, 7) is 0.775. The smallest absolute Gasteiger partial charge is 0.340 e. The molecular weight excluding hydrogens is 617 g/mol. The molecule has 6 heteroatoms. The van der Waals surface area contributed by atoms with E-state index < -0.39 is 5.60 Å². The first kappa shape index (κ1) is 34.3. The summed E-state index contributed by atoms with van der Waals surface area (Å²) in [5, 5.41) is 3.24. The highest BCUT2D eigenvalue weighted by molar-refractivity contribution is 5.97. The van der Waals surface area contributed by atoms with Crippen molar-refractivity contribution in [2.24, 2.45) is 0 Å². The maximum absolute atomic E-state index is 13.8. The van der Waals surface area contributed by atoms with Crippen LogP contribution in [0.2, 0.25) is 0 Å². The first-order valence-electron chi connectivity index (χ1n) is 16.9. The van der Waals surface area contributed by atoms with E-state index in [1.54, 1.807) is 0 Å². The average molecular weight is 663 g/mol. The van der Waals surface area contributed by atoms with Crippen molar-refractivity contribution in [3.05, 3.63) is 172 Å². The zero-order chi connectivity index (χ0) is 35.4. The van der Waals surface area contributed by atoms with Crippen molar-refractivity contribution in [1.82, 2.24) is 5.32 Å². The fraction of sp³-hybridized carbons (Fsp3) is 0.205. The van der Waals surface area contributed by atoms with Gasteiger partial charge in [-0.05, 0) is 101 Å². The van der Waals surface area contributed by atoms with Crippen LogP contribution >= 0.6 is 0 Å². The van der Waals surface area contributed by atoms with Gasteiger partial charge in [-0.25, -0.2) is 4.79 Å². The number of hydrogen-bond donors (Lipinski definition) is 1. The Bertz CT molecular complexity index is 1950. The second kappa shape index (κ2) is 14.5. The van der Waals surface area contributed by atoms with Gasteiger partial charge in [-0.1, -0.05) is 78.9 Å². The molecule has 1 aliphatic rings. The lowest BCUT2D eigenvalue weighted by atomic mass is 9.83. The maximum atomic E-state index is 13.8. The number of anilines is 3. The van der Waals surface area contributed by atoms with Crippen LogP contribution in [0.5, 0.6) is 0 Å². The van der Waals surface area contributed by atoms with E-state index in [-0.39, 0.29) is 5.97 Å². The van der Waals surface area contributed by atoms with Crippen molar-refractivity contribution < 1.29 is 9.53 Å². The molecule has 0 fully saturated rings. The van der Waals surface area contributed by atoms with Gasteiger partial charge in [-0.15, -0.1) is 0 Å². The van der Waals surface area contributed by atoms with Crippen LogP contribution in [-0.2, 0) is 16.9 Å². The molecule has 1 atom stereocenters. The summed E-state index contributed by atoms with van der Waals surface area (Å²) in [5.41, 5.74) is 10.7. The second-order valence-electron chi connectivity index (χ2n) is 13.4. The summed E-state index contributed by atoms with van der Waals surface area (Å²) in [7, 11) is 14.2. The lowest BCUT2D eigenvalue weighted by molar-refractivity contribution is 0.0299. The molecule has 0 aliphatic carbocycles. The summed E-state index contributed by atoms with van der Waals surface area (Å²) in [4.78, 5) is 20.0. The molecule has 5 aromatic carbocycles. The van der Waals surface area contributed by atoms with Gasteiger partial charge in [0.25, 0.3) is 0 Å². The predicted molar refractivity (Wildman–Crippen MR) is 209 cm³/mol. The fourth-order valence-corrected chi connectivity index (χ4v) is 6.44. The summed E-state index contributed by atoms with van der Waals surface area (Å²) in [6, 6.07) is 41.9. The molecule has 0 radical (unpaired) electrons. The molecule has 0 aromatic heterocycles. The van der Waals surface area contributed by atoms with Gasteiger partial charge in [0.2, 0.25) is 0 Å². The van der Waals surface area contributed by atoms with Crippen LogP contribution in [0.3, 0.4) is 0 Å². The fourth-order valence-electron chi connectivity index (χ4n) is 6.44. The number of rotatable bonds is 11. The Labute approximate surface area is 296 Å². The highest BCUT2D eigenvalue weighted by Crippen LogP contribution is 2.45. The lowest BCUT2D eigenvalue weighted by Gasteiger charge is -2.27. The average Bonchev–Trinajstić information content (AvgIpc) is 3.41. The third-order valence-corrected chi connectivity index (χ3v) is 9.28. The third kappa shape index (κ3) is 7.07. The van der Waals surface area contributed by atoms with Gasteiger partial charge in [-0.3, -0.25) is 0 Å². The molecular formula is C44H46N4O2. The molecule has 0 amide bonds. The van der Waals surface area contributed by atoms with E-state index >= 15 is 0 Å². The summed E-state index contributed by atoms with van der Waals surface area (Å²) >= 11 is 0. The maximum Gasteiger partial charge on any atom is 0.340 e. The van der Waals surface area contributed by atoms with Crippen molar-refractivity contribution in [1.29, 1.82) is 0 Å². The molecule has 0 bridgehead atoms. The minimum absolute atomic E-state index is 0.343. The van der Waals surface area contributed by atoms with E-state index in [0.29, 0.717) is 5.56 Å². The number of nitrogens with one attached hydrogen (secondary N) is 1. The molecule has 1 heterocycles. The Kier molecular flexibility index (Phi) is 9.93. The van der Waals surface area contributed by atoms with Crippen LogP contribution in [0, 0.1) is 0 Å². The molecule has 50 heavy (non-hydrogen) atoms. The summed E-state index contributed by atoms with van der Waals surface area (Å²) in [5.74, 6) is -0.343. The van der Waals surface area contributed by atoms with Crippen molar-refractivity contribution in [2.75, 3.05) is 64.0 Å². The van der Waals surface area contributed by atoms with Crippen LogP contribution in [-0.4, -0.2) is 55.3 Å². The number of cyclic esters (lactones) is 1. The Morgan fingerprint density at radius 2 is 0.960 bits per heavy atom. The SMILES string of the molecule is CNCc1ccc(/C(=C\C2(C=C(c3ccc(N(C)C)cc3)c3ccc(N(C)C)cc3)OC(=O)c3ccccc32)c2ccc(N(C)C)cc2)cc1. The van der Waals surface area contributed by atoms with Gasteiger partial charge in [0.05, 0.1) is 5.56 Å². The largest absolute Gasteiger partial charge is 0.442 e. The predicted octanol–water partition coefficient (Wildman–Crippen LogP) is 8.23. The van der Waals surface area contributed by atoms with Crippen LogP contribution in [0.15, 0.2) is 133 Å². The number of carbonyl (C=O) groups excluding carboxylic acids is 1. The standard InChI is InChI=1S/C44H46N4O2/c1-45-30-31-12-14-32(15-13-31)40(33-16-22-36(23-17-33)46(2)3)28-44(42-11-9-8-10-39(42)43(49)50-44)29-41(34-18-24-37(25-19-34)47(4)5)35-20-26-38(27-21-35)48(6)7/h8-29,45H,30H2,1-7H3/b40-28+. The van der Waals surface area contributed by atoms with Crippen LogP contribution in [0.4, 0.5) is 17.1 Å². The van der Waals surface area contributed by atoms with E-state index in [9.17, 15) is 4.79 Å². The number of benzene rings is 5.